The molecule has 0 heterocycles. The normalized spacial score (nSPS) is 16.3. The molecule has 1 aliphatic carbocycles. The molecule has 1 aromatic carbocycles. The summed E-state index contributed by atoms with van der Waals surface area (Å²) in [4.78, 5) is 4.11. The average molecular weight is 273 g/mol. The summed E-state index contributed by atoms with van der Waals surface area (Å²) in [5, 5.41) is 2.73. The molecule has 3 N–H and O–H groups in total. The topological polar surface area (TPSA) is 59.6 Å². The van der Waals surface area contributed by atoms with E-state index < -0.39 is 6.36 Å². The van der Waals surface area contributed by atoms with Crippen molar-refractivity contribution in [3.05, 3.63) is 24.3 Å². The Kier molecular flexibility index (Phi) is 3.82. The fourth-order valence-corrected chi connectivity index (χ4v) is 1.49. The largest absolute Gasteiger partial charge is 0.573 e. The summed E-state index contributed by atoms with van der Waals surface area (Å²) in [6, 6.07) is 5.46. The first-order chi connectivity index (χ1) is 8.92. The van der Waals surface area contributed by atoms with Crippen molar-refractivity contribution in [3.63, 3.8) is 0 Å². The van der Waals surface area contributed by atoms with Crippen LogP contribution in [0.25, 0.3) is 0 Å². The van der Waals surface area contributed by atoms with E-state index in [4.69, 9.17) is 5.73 Å². The molecular formula is C12H14F3N3O. The zero-order valence-electron chi connectivity index (χ0n) is 10.1. The maximum Gasteiger partial charge on any atom is 0.573 e. The lowest BCUT2D eigenvalue weighted by atomic mass is 10.3. The summed E-state index contributed by atoms with van der Waals surface area (Å²) in [6.07, 6.45) is -2.39. The van der Waals surface area contributed by atoms with E-state index in [0.29, 0.717) is 18.2 Å². The molecule has 4 nitrogen and oxygen atoms in total. The van der Waals surface area contributed by atoms with Crippen molar-refractivity contribution in [1.82, 2.24) is 0 Å². The number of guanidine groups is 1. The van der Waals surface area contributed by atoms with Crippen molar-refractivity contribution in [2.75, 3.05) is 11.9 Å². The predicted molar refractivity (Wildman–Crippen MR) is 66.0 cm³/mol. The van der Waals surface area contributed by atoms with Gasteiger partial charge in [0.25, 0.3) is 0 Å². The molecule has 0 spiro atoms. The summed E-state index contributed by atoms with van der Waals surface area (Å²) in [6.45, 7) is 0.650. The van der Waals surface area contributed by atoms with E-state index in [-0.39, 0.29) is 11.7 Å². The summed E-state index contributed by atoms with van der Waals surface area (Å²) < 4.78 is 40.0. The van der Waals surface area contributed by atoms with Gasteiger partial charge in [0.05, 0.1) is 0 Å². The van der Waals surface area contributed by atoms with Crippen LogP contribution in [-0.4, -0.2) is 18.9 Å². The van der Waals surface area contributed by atoms with Gasteiger partial charge in [-0.1, -0.05) is 6.07 Å². The Hall–Kier alpha value is -1.92. The van der Waals surface area contributed by atoms with Crippen LogP contribution in [0.3, 0.4) is 0 Å². The second kappa shape index (κ2) is 5.38. The van der Waals surface area contributed by atoms with Gasteiger partial charge < -0.3 is 15.8 Å². The van der Waals surface area contributed by atoms with E-state index in [0.717, 1.165) is 12.8 Å². The van der Waals surface area contributed by atoms with Gasteiger partial charge in [-0.05, 0) is 30.9 Å². The lowest BCUT2D eigenvalue weighted by Crippen LogP contribution is -2.23. The van der Waals surface area contributed by atoms with Gasteiger partial charge in [0.15, 0.2) is 5.96 Å². The number of benzene rings is 1. The zero-order valence-corrected chi connectivity index (χ0v) is 10.1. The monoisotopic (exact) mass is 273 g/mol. The van der Waals surface area contributed by atoms with Crippen LogP contribution in [0.1, 0.15) is 12.8 Å². The fourth-order valence-electron chi connectivity index (χ4n) is 1.49. The van der Waals surface area contributed by atoms with E-state index in [1.54, 1.807) is 6.07 Å². The van der Waals surface area contributed by atoms with E-state index >= 15 is 0 Å². The first-order valence-corrected chi connectivity index (χ1v) is 5.85. The van der Waals surface area contributed by atoms with Gasteiger partial charge in [0.1, 0.15) is 5.75 Å². The molecule has 1 aliphatic rings. The van der Waals surface area contributed by atoms with E-state index in [9.17, 15) is 13.2 Å². The minimum atomic E-state index is -4.70. The summed E-state index contributed by atoms with van der Waals surface area (Å²) in [5.74, 6) is 0.490. The van der Waals surface area contributed by atoms with Crippen LogP contribution in [0.5, 0.6) is 5.75 Å². The highest BCUT2D eigenvalue weighted by molar-refractivity contribution is 5.92. The Bertz CT molecular complexity index is 470. The predicted octanol–water partition coefficient (Wildman–Crippen LogP) is 2.72. The number of hydrogen-bond donors (Lipinski definition) is 2. The third kappa shape index (κ3) is 5.07. The van der Waals surface area contributed by atoms with E-state index in [1.165, 1.54) is 18.2 Å². The molecule has 104 valence electrons. The SMILES string of the molecule is NC(=NCC1CC1)Nc1cccc(OC(F)(F)F)c1. The lowest BCUT2D eigenvalue weighted by molar-refractivity contribution is -0.274. The zero-order chi connectivity index (χ0) is 13.9. The Morgan fingerprint density at radius 2 is 2.16 bits per heavy atom. The molecule has 0 aliphatic heterocycles. The number of nitrogens with two attached hydrogens (primary N) is 1. The number of aliphatic imine (C=N–C) groups is 1. The Labute approximate surface area is 108 Å². The number of ether oxygens (including phenoxy) is 1. The summed E-state index contributed by atoms with van der Waals surface area (Å²) in [5.41, 5.74) is 6.04. The molecule has 7 heteroatoms. The number of nitrogens with one attached hydrogen (secondary N) is 1. The second-order valence-corrected chi connectivity index (χ2v) is 4.37. The number of nitrogens with zero attached hydrogens (tertiary/aromatic N) is 1. The molecule has 1 fully saturated rings. The van der Waals surface area contributed by atoms with Crippen molar-refractivity contribution < 1.29 is 17.9 Å². The quantitative estimate of drug-likeness (QED) is 0.655. The van der Waals surface area contributed by atoms with Crippen LogP contribution in [0, 0.1) is 5.92 Å². The molecule has 0 amide bonds. The molecule has 0 radical (unpaired) electrons. The highest BCUT2D eigenvalue weighted by atomic mass is 19.4. The van der Waals surface area contributed by atoms with E-state index in [1.807, 2.05) is 0 Å². The maximum absolute atomic E-state index is 12.1. The highest BCUT2D eigenvalue weighted by Crippen LogP contribution is 2.29. The van der Waals surface area contributed by atoms with Crippen molar-refractivity contribution in [1.29, 1.82) is 0 Å². The van der Waals surface area contributed by atoms with Gasteiger partial charge in [-0.3, -0.25) is 4.99 Å². The molecule has 0 aromatic heterocycles. The van der Waals surface area contributed by atoms with Crippen LogP contribution in [0.15, 0.2) is 29.3 Å². The van der Waals surface area contributed by atoms with Crippen molar-refractivity contribution in [2.24, 2.45) is 16.6 Å². The molecule has 0 atom stereocenters. The summed E-state index contributed by atoms with van der Waals surface area (Å²) >= 11 is 0. The smallest absolute Gasteiger partial charge is 0.406 e. The fraction of sp³-hybridized carbons (Fsp3) is 0.417. The molecule has 0 bridgehead atoms. The first kappa shape index (κ1) is 13.5. The molecule has 0 unspecified atom stereocenters. The van der Waals surface area contributed by atoms with Gasteiger partial charge in [-0.2, -0.15) is 0 Å². The first-order valence-electron chi connectivity index (χ1n) is 5.85. The Morgan fingerprint density at radius 1 is 1.42 bits per heavy atom. The third-order valence-corrected chi connectivity index (χ3v) is 2.56. The van der Waals surface area contributed by atoms with Crippen LogP contribution < -0.4 is 15.8 Å². The van der Waals surface area contributed by atoms with Gasteiger partial charge in [-0.15, -0.1) is 13.2 Å². The molecule has 1 saturated carbocycles. The molecule has 2 rings (SSSR count). The number of alkyl halides is 3. The molecular weight excluding hydrogens is 259 g/mol. The van der Waals surface area contributed by atoms with Crippen LogP contribution in [-0.2, 0) is 0 Å². The van der Waals surface area contributed by atoms with Crippen molar-refractivity contribution >= 4 is 11.6 Å². The Morgan fingerprint density at radius 3 is 2.79 bits per heavy atom. The van der Waals surface area contributed by atoms with Gasteiger partial charge in [-0.25, -0.2) is 0 Å². The molecule has 19 heavy (non-hydrogen) atoms. The van der Waals surface area contributed by atoms with Gasteiger partial charge >= 0.3 is 6.36 Å². The second-order valence-electron chi connectivity index (χ2n) is 4.37. The van der Waals surface area contributed by atoms with Gasteiger partial charge in [0, 0.05) is 18.3 Å². The highest BCUT2D eigenvalue weighted by Gasteiger charge is 2.31. The third-order valence-electron chi connectivity index (χ3n) is 2.56. The number of rotatable bonds is 4. The molecule has 0 saturated heterocycles. The molecule has 1 aromatic rings. The summed E-state index contributed by atoms with van der Waals surface area (Å²) in [7, 11) is 0. The maximum atomic E-state index is 12.1. The average Bonchev–Trinajstić information content (AvgIpc) is 3.08. The van der Waals surface area contributed by atoms with Crippen LogP contribution in [0.2, 0.25) is 0 Å². The lowest BCUT2D eigenvalue weighted by Gasteiger charge is -2.11. The van der Waals surface area contributed by atoms with Crippen molar-refractivity contribution in [2.45, 2.75) is 19.2 Å². The number of anilines is 1. The number of halogens is 3. The van der Waals surface area contributed by atoms with Crippen molar-refractivity contribution in [3.8, 4) is 5.75 Å². The standard InChI is InChI=1S/C12H14F3N3O/c13-12(14,15)19-10-3-1-2-9(6-10)18-11(16)17-7-8-4-5-8/h1-3,6,8H,4-5,7H2,(H3,16,17,18). The van der Waals surface area contributed by atoms with E-state index in [2.05, 4.69) is 15.0 Å². The van der Waals surface area contributed by atoms with Crippen LogP contribution in [0.4, 0.5) is 18.9 Å². The minimum Gasteiger partial charge on any atom is -0.406 e. The Balaban J connectivity index is 1.95. The number of hydrogen-bond acceptors (Lipinski definition) is 2. The van der Waals surface area contributed by atoms with Gasteiger partial charge in [0.2, 0.25) is 0 Å². The minimum absolute atomic E-state index is 0.191. The van der Waals surface area contributed by atoms with Crippen LogP contribution >= 0.6 is 0 Å².